The van der Waals surface area contributed by atoms with Crippen molar-refractivity contribution in [1.82, 2.24) is 0 Å². The van der Waals surface area contributed by atoms with Crippen LogP contribution in [-0.4, -0.2) is 40.8 Å². The van der Waals surface area contributed by atoms with Gasteiger partial charge in [-0.1, -0.05) is 27.7 Å². The highest BCUT2D eigenvalue weighted by molar-refractivity contribution is 7.91. The third-order valence-corrected chi connectivity index (χ3v) is 6.44. The minimum atomic E-state index is -4.69. The molecule has 0 spiro atoms. The second kappa shape index (κ2) is 7.75. The molecular formula is C20H22O8S. The van der Waals surface area contributed by atoms with E-state index in [0.29, 0.717) is 0 Å². The second-order valence-electron chi connectivity index (χ2n) is 7.17. The Morgan fingerprint density at radius 1 is 0.724 bits per heavy atom. The molecule has 2 aromatic carbocycles. The lowest BCUT2D eigenvalue weighted by Crippen LogP contribution is -2.16. The third kappa shape index (κ3) is 3.77. The van der Waals surface area contributed by atoms with E-state index in [0.717, 1.165) is 24.3 Å². The van der Waals surface area contributed by atoms with Crippen LogP contribution in [0.4, 0.5) is 0 Å². The lowest BCUT2D eigenvalue weighted by atomic mass is 9.96. The zero-order valence-corrected chi connectivity index (χ0v) is 17.1. The van der Waals surface area contributed by atoms with Crippen LogP contribution in [0.2, 0.25) is 0 Å². The minimum Gasteiger partial charge on any atom is -0.507 e. The molecule has 0 amide bonds. The molecule has 156 valence electrons. The van der Waals surface area contributed by atoms with Crippen molar-refractivity contribution < 1.29 is 38.4 Å². The predicted molar refractivity (Wildman–Crippen MR) is 104 cm³/mol. The summed E-state index contributed by atoms with van der Waals surface area (Å²) in [5.74, 6) is -5.34. The number of phenolic OH excluding ortho intramolecular Hbond substituents is 2. The van der Waals surface area contributed by atoms with Crippen molar-refractivity contribution in [3.8, 4) is 11.5 Å². The van der Waals surface area contributed by atoms with E-state index in [1.165, 1.54) is 0 Å². The maximum absolute atomic E-state index is 13.6. The standard InChI is InChI=1S/C20H22O8S/c1-9(2)15-11(19(23)24)5-7-13(21)17(15)29(27,28)18-14(22)8-6-12(20(25)26)16(18)10(3)4/h5-10,21-22H,1-4H3,(H,23,24)(H,25,26). The molecule has 29 heavy (non-hydrogen) atoms. The van der Waals surface area contributed by atoms with Gasteiger partial charge in [0.25, 0.3) is 0 Å². The van der Waals surface area contributed by atoms with E-state index in [1.54, 1.807) is 27.7 Å². The number of carboxylic acids is 2. The molecule has 0 unspecified atom stereocenters. The number of benzene rings is 2. The molecule has 0 aliphatic carbocycles. The van der Waals surface area contributed by atoms with Gasteiger partial charge in [0.1, 0.15) is 21.3 Å². The molecule has 0 heterocycles. The van der Waals surface area contributed by atoms with Crippen LogP contribution in [0.1, 0.15) is 71.4 Å². The van der Waals surface area contributed by atoms with E-state index >= 15 is 0 Å². The quantitative estimate of drug-likeness (QED) is 0.552. The van der Waals surface area contributed by atoms with Crippen LogP contribution in [0, 0.1) is 0 Å². The number of rotatable bonds is 6. The summed E-state index contributed by atoms with van der Waals surface area (Å²) < 4.78 is 27.1. The van der Waals surface area contributed by atoms with E-state index in [4.69, 9.17) is 0 Å². The van der Waals surface area contributed by atoms with Crippen LogP contribution in [0.5, 0.6) is 11.5 Å². The van der Waals surface area contributed by atoms with Gasteiger partial charge < -0.3 is 20.4 Å². The Morgan fingerprint density at radius 3 is 1.28 bits per heavy atom. The molecule has 2 rings (SSSR count). The van der Waals surface area contributed by atoms with E-state index in [-0.39, 0.29) is 22.3 Å². The summed E-state index contributed by atoms with van der Waals surface area (Å²) in [6, 6.07) is 4.11. The molecule has 4 N–H and O–H groups in total. The van der Waals surface area contributed by atoms with Crippen molar-refractivity contribution in [1.29, 1.82) is 0 Å². The molecule has 2 aromatic rings. The van der Waals surface area contributed by atoms with Crippen molar-refractivity contribution in [2.45, 2.75) is 49.3 Å². The average molecular weight is 422 g/mol. The van der Waals surface area contributed by atoms with Gasteiger partial charge in [-0.25, -0.2) is 18.0 Å². The fourth-order valence-corrected chi connectivity index (χ4v) is 5.52. The summed E-state index contributed by atoms with van der Waals surface area (Å²) >= 11 is 0. The van der Waals surface area contributed by atoms with Crippen molar-refractivity contribution >= 4 is 21.8 Å². The molecule has 0 aliphatic rings. The number of hydrogen-bond donors (Lipinski definition) is 4. The highest BCUT2D eigenvalue weighted by Crippen LogP contribution is 2.43. The summed E-state index contributed by atoms with van der Waals surface area (Å²) in [5, 5.41) is 39.7. The predicted octanol–water partition coefficient (Wildman–Crippen LogP) is 3.57. The molecule has 9 heteroatoms. The number of sulfone groups is 1. The van der Waals surface area contributed by atoms with Crippen molar-refractivity contribution in [3.05, 3.63) is 46.5 Å². The van der Waals surface area contributed by atoms with Gasteiger partial charge in [0, 0.05) is 0 Å². The third-order valence-electron chi connectivity index (χ3n) is 4.50. The first-order chi connectivity index (χ1) is 13.3. The van der Waals surface area contributed by atoms with Crippen LogP contribution in [0.15, 0.2) is 34.1 Å². The molecule has 8 nitrogen and oxygen atoms in total. The first kappa shape index (κ1) is 22.2. The monoisotopic (exact) mass is 422 g/mol. The highest BCUT2D eigenvalue weighted by Gasteiger charge is 2.35. The number of aromatic hydroxyl groups is 2. The van der Waals surface area contributed by atoms with Gasteiger partial charge in [-0.3, -0.25) is 0 Å². The van der Waals surface area contributed by atoms with E-state index in [9.17, 15) is 38.4 Å². The number of hydrogen-bond acceptors (Lipinski definition) is 6. The lowest BCUT2D eigenvalue weighted by Gasteiger charge is -2.21. The largest absolute Gasteiger partial charge is 0.507 e. The Bertz CT molecular complexity index is 1020. The van der Waals surface area contributed by atoms with E-state index in [1.807, 2.05) is 0 Å². The molecule has 0 saturated heterocycles. The number of carbonyl (C=O) groups is 2. The van der Waals surface area contributed by atoms with Crippen LogP contribution >= 0.6 is 0 Å². The molecule has 0 bridgehead atoms. The summed E-state index contributed by atoms with van der Waals surface area (Å²) in [7, 11) is -4.69. The molecule has 0 aliphatic heterocycles. The Morgan fingerprint density at radius 2 is 1.03 bits per heavy atom. The van der Waals surface area contributed by atoms with E-state index in [2.05, 4.69) is 0 Å². The topological polar surface area (TPSA) is 149 Å². The summed E-state index contributed by atoms with van der Waals surface area (Å²) in [5.41, 5.74) is -0.882. The van der Waals surface area contributed by atoms with Gasteiger partial charge in [-0.05, 0) is 47.2 Å². The number of phenols is 2. The lowest BCUT2D eigenvalue weighted by molar-refractivity contribution is 0.0684. The van der Waals surface area contributed by atoms with Crippen LogP contribution in [0.25, 0.3) is 0 Å². The van der Waals surface area contributed by atoms with Gasteiger partial charge >= 0.3 is 11.9 Å². The number of aromatic carboxylic acids is 2. The molecule has 0 radical (unpaired) electrons. The zero-order chi connectivity index (χ0) is 22.3. The van der Waals surface area contributed by atoms with Crippen LogP contribution < -0.4 is 0 Å². The maximum atomic E-state index is 13.6. The average Bonchev–Trinajstić information content (AvgIpc) is 2.59. The zero-order valence-electron chi connectivity index (χ0n) is 16.3. The summed E-state index contributed by atoms with van der Waals surface area (Å²) in [6.07, 6.45) is 0. The van der Waals surface area contributed by atoms with Gasteiger partial charge in [-0.2, -0.15) is 0 Å². The summed E-state index contributed by atoms with van der Waals surface area (Å²) in [6.45, 7) is 6.27. The van der Waals surface area contributed by atoms with Crippen molar-refractivity contribution in [2.24, 2.45) is 0 Å². The molecule has 0 fully saturated rings. The molecule has 0 atom stereocenters. The van der Waals surface area contributed by atoms with Crippen molar-refractivity contribution in [2.75, 3.05) is 0 Å². The minimum absolute atomic E-state index is 0.132. The molecule has 0 aromatic heterocycles. The molecule has 0 saturated carbocycles. The smallest absolute Gasteiger partial charge is 0.336 e. The second-order valence-corrected chi connectivity index (χ2v) is 9.00. The van der Waals surface area contributed by atoms with Gasteiger partial charge in [0.15, 0.2) is 0 Å². The Balaban J connectivity index is 3.07. The van der Waals surface area contributed by atoms with E-state index < -0.39 is 54.9 Å². The SMILES string of the molecule is CC(C)c1c(C(=O)O)ccc(O)c1S(=O)(=O)c1c(O)ccc(C(=O)O)c1C(C)C. The highest BCUT2D eigenvalue weighted by atomic mass is 32.2. The first-order valence-electron chi connectivity index (χ1n) is 8.75. The Kier molecular flexibility index (Phi) is 5.94. The fourth-order valence-electron chi connectivity index (χ4n) is 3.36. The Labute approximate surface area is 168 Å². The van der Waals surface area contributed by atoms with Gasteiger partial charge in [0.2, 0.25) is 9.84 Å². The van der Waals surface area contributed by atoms with Gasteiger partial charge in [0.05, 0.1) is 11.1 Å². The number of carboxylic acid groups (broad SMARTS) is 2. The fraction of sp³-hybridized carbons (Fsp3) is 0.300. The van der Waals surface area contributed by atoms with Crippen LogP contribution in [-0.2, 0) is 9.84 Å². The van der Waals surface area contributed by atoms with Crippen molar-refractivity contribution in [3.63, 3.8) is 0 Å². The Hall–Kier alpha value is -3.07. The van der Waals surface area contributed by atoms with Gasteiger partial charge in [-0.15, -0.1) is 0 Å². The summed E-state index contributed by atoms with van der Waals surface area (Å²) in [4.78, 5) is 22.0. The molecular weight excluding hydrogens is 400 g/mol. The normalized spacial score (nSPS) is 11.8. The van der Waals surface area contributed by atoms with Crippen LogP contribution in [0.3, 0.4) is 0 Å². The maximum Gasteiger partial charge on any atom is 0.336 e. The first-order valence-corrected chi connectivity index (χ1v) is 10.2.